The Kier molecular flexibility index (Phi) is 3.33. The Bertz CT molecular complexity index is 466. The van der Waals surface area contributed by atoms with Crippen LogP contribution in [0.4, 0.5) is 5.69 Å². The van der Waals surface area contributed by atoms with Crippen molar-refractivity contribution in [3.63, 3.8) is 0 Å². The molecule has 98 valence electrons. The van der Waals surface area contributed by atoms with E-state index in [1.807, 2.05) is 13.0 Å². The molecule has 1 aromatic rings. The fourth-order valence-electron chi connectivity index (χ4n) is 2.77. The van der Waals surface area contributed by atoms with Crippen LogP contribution < -0.4 is 4.90 Å². The van der Waals surface area contributed by atoms with E-state index in [1.54, 1.807) is 12.1 Å². The summed E-state index contributed by atoms with van der Waals surface area (Å²) in [6.45, 7) is 8.68. The van der Waals surface area contributed by atoms with Gasteiger partial charge in [0.15, 0.2) is 0 Å². The van der Waals surface area contributed by atoms with Crippen molar-refractivity contribution in [1.29, 1.82) is 0 Å². The van der Waals surface area contributed by atoms with E-state index in [0.717, 1.165) is 18.7 Å². The van der Waals surface area contributed by atoms with Crippen LogP contribution in [0.2, 0.25) is 0 Å². The Morgan fingerprint density at radius 1 is 1.39 bits per heavy atom. The summed E-state index contributed by atoms with van der Waals surface area (Å²) in [5.74, 6) is -0.858. The third kappa shape index (κ3) is 2.66. The normalized spacial score (nSPS) is 18.7. The van der Waals surface area contributed by atoms with E-state index in [9.17, 15) is 4.79 Å². The predicted octanol–water partition coefficient (Wildman–Crippen LogP) is 3.32. The van der Waals surface area contributed by atoms with Crippen LogP contribution in [0.5, 0.6) is 0 Å². The molecule has 0 unspecified atom stereocenters. The highest BCUT2D eigenvalue weighted by Gasteiger charge is 2.27. The molecule has 0 aliphatic carbocycles. The minimum absolute atomic E-state index is 0.343. The molecule has 1 aromatic carbocycles. The monoisotopic (exact) mass is 247 g/mol. The molecular weight excluding hydrogens is 226 g/mol. The van der Waals surface area contributed by atoms with Crippen LogP contribution in [-0.4, -0.2) is 24.2 Å². The summed E-state index contributed by atoms with van der Waals surface area (Å²) in [5, 5.41) is 8.98. The van der Waals surface area contributed by atoms with Gasteiger partial charge < -0.3 is 10.0 Å². The first-order valence-electron chi connectivity index (χ1n) is 6.48. The lowest BCUT2D eigenvalue weighted by molar-refractivity contribution is 0.0697. The van der Waals surface area contributed by atoms with Crippen LogP contribution in [-0.2, 0) is 0 Å². The van der Waals surface area contributed by atoms with Crippen LogP contribution in [0.3, 0.4) is 0 Å². The highest BCUT2D eigenvalue weighted by Crippen LogP contribution is 2.33. The SMILES string of the molecule is Cc1cc(C(=O)O)ccc1N1CCCC(C)(C)C1. The van der Waals surface area contributed by atoms with E-state index in [1.165, 1.54) is 18.5 Å². The number of piperidine rings is 1. The second kappa shape index (κ2) is 4.63. The Hall–Kier alpha value is -1.51. The largest absolute Gasteiger partial charge is 0.478 e. The molecule has 3 nitrogen and oxygen atoms in total. The van der Waals surface area contributed by atoms with Gasteiger partial charge in [-0.25, -0.2) is 4.79 Å². The number of hydrogen-bond donors (Lipinski definition) is 1. The van der Waals surface area contributed by atoms with Gasteiger partial charge in [-0.05, 0) is 48.9 Å². The number of nitrogens with zero attached hydrogens (tertiary/aromatic N) is 1. The minimum atomic E-state index is -0.858. The summed E-state index contributed by atoms with van der Waals surface area (Å²) in [4.78, 5) is 13.3. The Morgan fingerprint density at radius 2 is 2.11 bits per heavy atom. The van der Waals surface area contributed by atoms with Crippen molar-refractivity contribution in [2.75, 3.05) is 18.0 Å². The third-order valence-corrected chi connectivity index (χ3v) is 3.68. The first kappa shape index (κ1) is 12.9. The van der Waals surface area contributed by atoms with Crippen LogP contribution in [0.25, 0.3) is 0 Å². The van der Waals surface area contributed by atoms with Crippen molar-refractivity contribution in [1.82, 2.24) is 0 Å². The summed E-state index contributed by atoms with van der Waals surface area (Å²) < 4.78 is 0. The maximum atomic E-state index is 10.9. The zero-order valence-corrected chi connectivity index (χ0v) is 11.4. The van der Waals surface area contributed by atoms with E-state index in [4.69, 9.17) is 5.11 Å². The average Bonchev–Trinajstić information content (AvgIpc) is 2.27. The van der Waals surface area contributed by atoms with Gasteiger partial charge in [-0.1, -0.05) is 13.8 Å². The molecule has 18 heavy (non-hydrogen) atoms. The topological polar surface area (TPSA) is 40.5 Å². The van der Waals surface area contributed by atoms with Crippen molar-refractivity contribution in [2.45, 2.75) is 33.6 Å². The fraction of sp³-hybridized carbons (Fsp3) is 0.533. The van der Waals surface area contributed by atoms with Gasteiger partial charge in [0.1, 0.15) is 0 Å². The van der Waals surface area contributed by atoms with Gasteiger partial charge >= 0.3 is 5.97 Å². The van der Waals surface area contributed by atoms with E-state index in [0.29, 0.717) is 11.0 Å². The van der Waals surface area contributed by atoms with Gasteiger partial charge in [-0.15, -0.1) is 0 Å². The molecule has 0 spiro atoms. The van der Waals surface area contributed by atoms with Crippen LogP contribution in [0.15, 0.2) is 18.2 Å². The smallest absolute Gasteiger partial charge is 0.335 e. The van der Waals surface area contributed by atoms with Crippen molar-refractivity contribution < 1.29 is 9.90 Å². The molecule has 3 heteroatoms. The zero-order chi connectivity index (χ0) is 13.3. The zero-order valence-electron chi connectivity index (χ0n) is 11.4. The Balaban J connectivity index is 2.26. The summed E-state index contributed by atoms with van der Waals surface area (Å²) in [6, 6.07) is 5.41. The summed E-state index contributed by atoms with van der Waals surface area (Å²) in [5.41, 5.74) is 2.93. The fourth-order valence-corrected chi connectivity index (χ4v) is 2.77. The molecule has 0 saturated carbocycles. The lowest BCUT2D eigenvalue weighted by Gasteiger charge is -2.40. The standard InChI is InChI=1S/C15H21NO2/c1-11-9-12(14(17)18)5-6-13(11)16-8-4-7-15(2,3)10-16/h5-6,9H,4,7-8,10H2,1-3H3,(H,17,18). The maximum Gasteiger partial charge on any atom is 0.335 e. The molecule has 0 amide bonds. The summed E-state index contributed by atoms with van der Waals surface area (Å²) >= 11 is 0. The van der Waals surface area contributed by atoms with Gasteiger partial charge in [-0.3, -0.25) is 0 Å². The summed E-state index contributed by atoms with van der Waals surface area (Å²) in [7, 11) is 0. The second-order valence-corrected chi connectivity index (χ2v) is 6.00. The van der Waals surface area contributed by atoms with E-state index in [2.05, 4.69) is 18.7 Å². The highest BCUT2D eigenvalue weighted by molar-refractivity contribution is 5.88. The predicted molar refractivity (Wildman–Crippen MR) is 73.4 cm³/mol. The first-order valence-corrected chi connectivity index (χ1v) is 6.48. The number of aryl methyl sites for hydroxylation is 1. The van der Waals surface area contributed by atoms with Crippen molar-refractivity contribution in [3.8, 4) is 0 Å². The molecule has 1 aliphatic rings. The van der Waals surface area contributed by atoms with Crippen LogP contribution in [0.1, 0.15) is 42.6 Å². The number of carboxylic acid groups (broad SMARTS) is 1. The molecule has 0 atom stereocenters. The Morgan fingerprint density at radius 3 is 2.67 bits per heavy atom. The number of benzene rings is 1. The first-order chi connectivity index (χ1) is 8.39. The molecule has 1 heterocycles. The van der Waals surface area contributed by atoms with Crippen molar-refractivity contribution in [2.24, 2.45) is 5.41 Å². The summed E-state index contributed by atoms with van der Waals surface area (Å²) in [6.07, 6.45) is 2.46. The van der Waals surface area contributed by atoms with Crippen molar-refractivity contribution in [3.05, 3.63) is 29.3 Å². The number of aromatic carboxylic acids is 1. The van der Waals surface area contributed by atoms with Crippen LogP contribution in [0, 0.1) is 12.3 Å². The van der Waals surface area contributed by atoms with Gasteiger partial charge in [0, 0.05) is 18.8 Å². The molecular formula is C15H21NO2. The minimum Gasteiger partial charge on any atom is -0.478 e. The van der Waals surface area contributed by atoms with E-state index >= 15 is 0 Å². The Labute approximate surface area is 108 Å². The van der Waals surface area contributed by atoms with Gasteiger partial charge in [-0.2, -0.15) is 0 Å². The average molecular weight is 247 g/mol. The third-order valence-electron chi connectivity index (χ3n) is 3.68. The second-order valence-electron chi connectivity index (χ2n) is 6.00. The molecule has 1 aliphatic heterocycles. The number of anilines is 1. The van der Waals surface area contributed by atoms with Gasteiger partial charge in [0.25, 0.3) is 0 Å². The number of hydrogen-bond acceptors (Lipinski definition) is 2. The molecule has 0 radical (unpaired) electrons. The van der Waals surface area contributed by atoms with Crippen molar-refractivity contribution >= 4 is 11.7 Å². The lowest BCUT2D eigenvalue weighted by Crippen LogP contribution is -2.40. The van der Waals surface area contributed by atoms with Gasteiger partial charge in [0.05, 0.1) is 5.56 Å². The quantitative estimate of drug-likeness (QED) is 0.871. The van der Waals surface area contributed by atoms with Gasteiger partial charge in [0.2, 0.25) is 0 Å². The number of carboxylic acids is 1. The van der Waals surface area contributed by atoms with E-state index < -0.39 is 5.97 Å². The lowest BCUT2D eigenvalue weighted by atomic mass is 9.84. The highest BCUT2D eigenvalue weighted by atomic mass is 16.4. The molecule has 2 rings (SSSR count). The number of carbonyl (C=O) groups is 1. The molecule has 1 saturated heterocycles. The molecule has 1 fully saturated rings. The van der Waals surface area contributed by atoms with Crippen LogP contribution >= 0.6 is 0 Å². The molecule has 1 N–H and O–H groups in total. The van der Waals surface area contributed by atoms with E-state index in [-0.39, 0.29) is 0 Å². The number of rotatable bonds is 2. The molecule has 0 aromatic heterocycles. The molecule has 0 bridgehead atoms. The maximum absolute atomic E-state index is 10.9.